The topological polar surface area (TPSA) is 21.3 Å². The summed E-state index contributed by atoms with van der Waals surface area (Å²) < 4.78 is 43.3. The van der Waals surface area contributed by atoms with Gasteiger partial charge in [0.2, 0.25) is 0 Å². The van der Waals surface area contributed by atoms with Gasteiger partial charge >= 0.3 is 6.18 Å². The van der Waals surface area contributed by atoms with E-state index in [1.54, 1.807) is 18.2 Å². The third-order valence-electron chi connectivity index (χ3n) is 3.02. The minimum atomic E-state index is -4.34. The summed E-state index contributed by atoms with van der Waals surface area (Å²) >= 11 is 5.91. The Hall–Kier alpha value is -1.88. The highest BCUT2D eigenvalue weighted by Crippen LogP contribution is 2.30. The molecule has 0 saturated carbocycles. The van der Waals surface area contributed by atoms with Gasteiger partial charge in [-0.15, -0.1) is 0 Å². The number of ether oxygens (including phenoxy) is 1. The number of aryl methyl sites for hydroxylation is 1. The first-order valence-electron chi connectivity index (χ1n) is 6.66. The maximum atomic E-state index is 12.6. The lowest BCUT2D eigenvalue weighted by Gasteiger charge is -2.11. The molecule has 0 bridgehead atoms. The molecular weight excluding hydrogens is 315 g/mol. The fraction of sp³-hybridized carbons (Fsp3) is 0.250. The highest BCUT2D eigenvalue weighted by atomic mass is 35.5. The van der Waals surface area contributed by atoms with Crippen molar-refractivity contribution in [2.24, 2.45) is 0 Å². The summed E-state index contributed by atoms with van der Waals surface area (Å²) in [5, 5.41) is 3.56. The summed E-state index contributed by atoms with van der Waals surface area (Å²) in [7, 11) is 0. The second-order valence-electron chi connectivity index (χ2n) is 4.76. The van der Waals surface area contributed by atoms with Gasteiger partial charge in [-0.2, -0.15) is 13.2 Å². The van der Waals surface area contributed by atoms with Gasteiger partial charge in [0, 0.05) is 17.3 Å². The maximum Gasteiger partial charge on any atom is 0.416 e. The molecule has 0 atom stereocenters. The van der Waals surface area contributed by atoms with E-state index >= 15 is 0 Å². The zero-order valence-corrected chi connectivity index (χ0v) is 12.6. The van der Waals surface area contributed by atoms with Crippen LogP contribution in [-0.2, 0) is 6.18 Å². The van der Waals surface area contributed by atoms with Gasteiger partial charge in [-0.05, 0) is 48.9 Å². The lowest BCUT2D eigenvalue weighted by Crippen LogP contribution is -2.12. The molecule has 0 heterocycles. The van der Waals surface area contributed by atoms with Crippen LogP contribution in [0.25, 0.3) is 0 Å². The molecule has 0 spiro atoms. The Balaban J connectivity index is 1.85. The Labute approximate surface area is 131 Å². The van der Waals surface area contributed by atoms with Crippen LogP contribution in [-0.4, -0.2) is 13.2 Å². The van der Waals surface area contributed by atoms with Gasteiger partial charge in [-0.25, -0.2) is 0 Å². The third-order valence-corrected chi connectivity index (χ3v) is 3.44. The van der Waals surface area contributed by atoms with Crippen LogP contribution in [0.15, 0.2) is 42.5 Å². The number of halogens is 4. The summed E-state index contributed by atoms with van der Waals surface area (Å²) in [5.74, 6) is 0.674. The summed E-state index contributed by atoms with van der Waals surface area (Å²) in [6.45, 7) is 2.59. The standard InChI is InChI=1S/C16H15ClF3NO/c1-11-9-14(5-6-15(11)17)22-8-7-21-13-4-2-3-12(10-13)16(18,19)20/h2-6,9-10,21H,7-8H2,1H3. The molecule has 2 aromatic rings. The van der Waals surface area contributed by atoms with Crippen molar-refractivity contribution in [2.45, 2.75) is 13.1 Å². The number of alkyl halides is 3. The second kappa shape index (κ2) is 6.92. The highest BCUT2D eigenvalue weighted by molar-refractivity contribution is 6.31. The molecule has 22 heavy (non-hydrogen) atoms. The third kappa shape index (κ3) is 4.56. The predicted octanol–water partition coefficient (Wildman–Crippen LogP) is 5.16. The van der Waals surface area contributed by atoms with Gasteiger partial charge in [0.1, 0.15) is 12.4 Å². The van der Waals surface area contributed by atoms with Gasteiger partial charge in [0.25, 0.3) is 0 Å². The smallest absolute Gasteiger partial charge is 0.416 e. The maximum absolute atomic E-state index is 12.6. The normalized spacial score (nSPS) is 11.3. The molecule has 0 aliphatic rings. The summed E-state index contributed by atoms with van der Waals surface area (Å²) in [5.41, 5.74) is 0.641. The summed E-state index contributed by atoms with van der Waals surface area (Å²) in [6, 6.07) is 10.4. The Morgan fingerprint density at radius 3 is 2.59 bits per heavy atom. The van der Waals surface area contributed by atoms with Crippen molar-refractivity contribution in [1.29, 1.82) is 0 Å². The number of hydrogen-bond acceptors (Lipinski definition) is 2. The van der Waals surface area contributed by atoms with Gasteiger partial charge in [-0.3, -0.25) is 0 Å². The van der Waals surface area contributed by atoms with E-state index in [9.17, 15) is 13.2 Å². The summed E-state index contributed by atoms with van der Waals surface area (Å²) in [6.07, 6.45) is -4.34. The van der Waals surface area contributed by atoms with Crippen LogP contribution in [0, 0.1) is 6.92 Å². The SMILES string of the molecule is Cc1cc(OCCNc2cccc(C(F)(F)F)c2)ccc1Cl. The molecule has 1 N–H and O–H groups in total. The van der Waals surface area contributed by atoms with Gasteiger partial charge < -0.3 is 10.1 Å². The summed E-state index contributed by atoms with van der Waals surface area (Å²) in [4.78, 5) is 0. The van der Waals surface area contributed by atoms with Crippen molar-refractivity contribution < 1.29 is 17.9 Å². The van der Waals surface area contributed by atoms with Crippen molar-refractivity contribution in [1.82, 2.24) is 0 Å². The Morgan fingerprint density at radius 2 is 1.91 bits per heavy atom. The lowest BCUT2D eigenvalue weighted by molar-refractivity contribution is -0.137. The molecule has 0 aliphatic heterocycles. The van der Waals surface area contributed by atoms with E-state index in [1.165, 1.54) is 6.07 Å². The largest absolute Gasteiger partial charge is 0.492 e. The molecule has 0 fully saturated rings. The zero-order chi connectivity index (χ0) is 16.2. The Morgan fingerprint density at radius 1 is 1.14 bits per heavy atom. The van der Waals surface area contributed by atoms with E-state index in [2.05, 4.69) is 5.32 Å². The Bertz CT molecular complexity index is 644. The molecule has 6 heteroatoms. The van der Waals surface area contributed by atoms with Crippen molar-refractivity contribution in [3.63, 3.8) is 0 Å². The molecule has 0 saturated heterocycles. The predicted molar refractivity (Wildman–Crippen MR) is 81.6 cm³/mol. The van der Waals surface area contributed by atoms with E-state index < -0.39 is 11.7 Å². The van der Waals surface area contributed by atoms with Crippen molar-refractivity contribution in [2.75, 3.05) is 18.5 Å². The number of rotatable bonds is 5. The van der Waals surface area contributed by atoms with Gasteiger partial charge in [0.05, 0.1) is 5.56 Å². The van der Waals surface area contributed by atoms with E-state index in [0.717, 1.165) is 17.7 Å². The molecule has 0 radical (unpaired) electrons. The molecule has 0 amide bonds. The minimum Gasteiger partial charge on any atom is -0.492 e. The molecule has 118 valence electrons. The van der Waals surface area contributed by atoms with Crippen LogP contribution in [0.5, 0.6) is 5.75 Å². The lowest BCUT2D eigenvalue weighted by atomic mass is 10.2. The van der Waals surface area contributed by atoms with Gasteiger partial charge in [0.15, 0.2) is 0 Å². The van der Waals surface area contributed by atoms with Crippen LogP contribution in [0.3, 0.4) is 0 Å². The van der Waals surface area contributed by atoms with Crippen molar-refractivity contribution in [3.8, 4) is 5.75 Å². The van der Waals surface area contributed by atoms with Crippen LogP contribution in [0.1, 0.15) is 11.1 Å². The number of anilines is 1. The van der Waals surface area contributed by atoms with E-state index in [1.807, 2.05) is 13.0 Å². The fourth-order valence-corrected chi connectivity index (χ4v) is 1.99. The number of nitrogens with one attached hydrogen (secondary N) is 1. The molecule has 2 rings (SSSR count). The first-order valence-corrected chi connectivity index (χ1v) is 7.04. The number of benzene rings is 2. The second-order valence-corrected chi connectivity index (χ2v) is 5.17. The van der Waals surface area contributed by atoms with E-state index in [4.69, 9.17) is 16.3 Å². The zero-order valence-electron chi connectivity index (χ0n) is 11.9. The first-order chi connectivity index (χ1) is 10.4. The van der Waals surface area contributed by atoms with Crippen LogP contribution in [0.2, 0.25) is 5.02 Å². The first kappa shape index (κ1) is 16.5. The molecule has 2 aromatic carbocycles. The number of hydrogen-bond donors (Lipinski definition) is 1. The minimum absolute atomic E-state index is 0.331. The Kier molecular flexibility index (Phi) is 5.19. The molecule has 0 aromatic heterocycles. The van der Waals surface area contributed by atoms with Crippen molar-refractivity contribution >= 4 is 17.3 Å². The van der Waals surface area contributed by atoms with Crippen LogP contribution < -0.4 is 10.1 Å². The molecule has 2 nitrogen and oxygen atoms in total. The van der Waals surface area contributed by atoms with Crippen molar-refractivity contribution in [3.05, 3.63) is 58.6 Å². The average Bonchev–Trinajstić information content (AvgIpc) is 2.47. The van der Waals surface area contributed by atoms with E-state index in [-0.39, 0.29) is 0 Å². The fourth-order valence-electron chi connectivity index (χ4n) is 1.88. The monoisotopic (exact) mass is 329 g/mol. The van der Waals surface area contributed by atoms with Crippen LogP contribution >= 0.6 is 11.6 Å². The highest BCUT2D eigenvalue weighted by Gasteiger charge is 2.30. The molecular formula is C16H15ClF3NO. The van der Waals surface area contributed by atoms with Crippen LogP contribution in [0.4, 0.5) is 18.9 Å². The van der Waals surface area contributed by atoms with E-state index in [0.29, 0.717) is 29.6 Å². The quantitative estimate of drug-likeness (QED) is 0.765. The average molecular weight is 330 g/mol. The molecule has 0 aliphatic carbocycles. The molecule has 0 unspecified atom stereocenters. The van der Waals surface area contributed by atoms with Gasteiger partial charge in [-0.1, -0.05) is 17.7 Å².